The Bertz CT molecular complexity index is 1330. The van der Waals surface area contributed by atoms with E-state index >= 15 is 0 Å². The zero-order chi connectivity index (χ0) is 23.3. The molecule has 2 heterocycles. The Morgan fingerprint density at radius 2 is 1.47 bits per heavy atom. The zero-order valence-corrected chi connectivity index (χ0v) is 20.5. The average molecular weight is 633 g/mol. The second-order valence-corrected chi connectivity index (χ2v) is 7.38. The first-order valence-corrected chi connectivity index (χ1v) is 10.2. The molecule has 0 amide bonds. The quantitative estimate of drug-likeness (QED) is 0.188. The van der Waals surface area contributed by atoms with Gasteiger partial charge in [0.15, 0.2) is 0 Å². The van der Waals surface area contributed by atoms with E-state index in [0.29, 0.717) is 11.3 Å². The van der Waals surface area contributed by atoms with Gasteiger partial charge in [0.05, 0.1) is 5.52 Å². The van der Waals surface area contributed by atoms with Crippen LogP contribution in [0.2, 0.25) is 0 Å². The third kappa shape index (κ3) is 6.37. The van der Waals surface area contributed by atoms with Crippen molar-refractivity contribution in [2.45, 2.75) is 13.1 Å². The Morgan fingerprint density at radius 3 is 2.12 bits per heavy atom. The predicted molar refractivity (Wildman–Crippen MR) is 124 cm³/mol. The fourth-order valence-corrected chi connectivity index (χ4v) is 3.16. The number of hydrogen-bond acceptors (Lipinski definition) is 2. The summed E-state index contributed by atoms with van der Waals surface area (Å²) < 4.78 is 37.5. The number of alkyl halides is 3. The van der Waals surface area contributed by atoms with Crippen LogP contribution in [0, 0.1) is 19.1 Å². The van der Waals surface area contributed by atoms with Gasteiger partial charge in [0.1, 0.15) is 0 Å². The molecule has 173 valence electrons. The molecule has 0 unspecified atom stereocenters. The molecule has 1 radical (unpaired) electrons. The van der Waals surface area contributed by atoms with E-state index in [-0.39, 0.29) is 20.1 Å². The standard InChI is InChI=1S/C16H9F3N.C12H10N.Ir/c17-16(18,19)13-8-5-12(6-9-13)15-10-7-11-3-1-2-4-14(11)20-15;1-10-7-8-12(13-9-10)11-5-3-2-4-6-11;/h1-5,7-10H;2-5,7-9H,1H3;/q2*-1;. The van der Waals surface area contributed by atoms with Crippen molar-refractivity contribution in [2.75, 3.05) is 0 Å². The molecule has 0 fully saturated rings. The fraction of sp³-hybridized carbons (Fsp3) is 0.0714. The minimum atomic E-state index is -4.34. The maximum absolute atomic E-state index is 12.5. The summed E-state index contributed by atoms with van der Waals surface area (Å²) in [6.45, 7) is 2.03. The summed E-state index contributed by atoms with van der Waals surface area (Å²) in [6, 6.07) is 32.4. The van der Waals surface area contributed by atoms with Gasteiger partial charge in [-0.3, -0.25) is 4.98 Å². The monoisotopic (exact) mass is 633 g/mol. The van der Waals surface area contributed by atoms with Gasteiger partial charge < -0.3 is 4.98 Å². The van der Waals surface area contributed by atoms with Crippen molar-refractivity contribution in [3.8, 4) is 22.5 Å². The molecule has 5 aromatic rings. The van der Waals surface area contributed by atoms with E-state index in [1.54, 1.807) is 6.07 Å². The molecule has 2 nitrogen and oxygen atoms in total. The van der Waals surface area contributed by atoms with Crippen LogP contribution in [-0.4, -0.2) is 9.97 Å². The molecular formula is C28H19F3IrN2-2. The summed E-state index contributed by atoms with van der Waals surface area (Å²) in [7, 11) is 0. The SMILES string of the molecule is Cc1ccc(-c2[c-]cccc2)nc1.FC(F)(F)c1c[c-]c(-c2ccc3ccccc3n2)cc1.[Ir]. The van der Waals surface area contributed by atoms with Crippen LogP contribution in [0.25, 0.3) is 33.4 Å². The van der Waals surface area contributed by atoms with Crippen molar-refractivity contribution >= 4 is 10.9 Å². The van der Waals surface area contributed by atoms with Gasteiger partial charge in [-0.25, -0.2) is 0 Å². The van der Waals surface area contributed by atoms with E-state index in [4.69, 9.17) is 0 Å². The molecule has 0 bridgehead atoms. The van der Waals surface area contributed by atoms with Gasteiger partial charge in [-0.1, -0.05) is 42.5 Å². The van der Waals surface area contributed by atoms with E-state index in [9.17, 15) is 13.2 Å². The summed E-state index contributed by atoms with van der Waals surface area (Å²) in [5.74, 6) is 0. The van der Waals surface area contributed by atoms with Crippen LogP contribution in [0.3, 0.4) is 0 Å². The van der Waals surface area contributed by atoms with Crippen LogP contribution in [0.5, 0.6) is 0 Å². The number of hydrogen-bond donors (Lipinski definition) is 0. The van der Waals surface area contributed by atoms with E-state index in [0.717, 1.165) is 34.3 Å². The van der Waals surface area contributed by atoms with Crippen molar-refractivity contribution in [2.24, 2.45) is 0 Å². The number of rotatable bonds is 2. The molecule has 0 aliphatic rings. The van der Waals surface area contributed by atoms with Crippen molar-refractivity contribution in [3.63, 3.8) is 0 Å². The summed E-state index contributed by atoms with van der Waals surface area (Å²) in [5, 5.41) is 0.989. The molecule has 0 aliphatic heterocycles. The first kappa shape index (κ1) is 25.3. The minimum absolute atomic E-state index is 0. The molecule has 0 spiro atoms. The predicted octanol–water partition coefficient (Wildman–Crippen LogP) is 7.58. The minimum Gasteiger partial charge on any atom is -0.304 e. The molecule has 0 saturated carbocycles. The second kappa shape index (κ2) is 11.2. The second-order valence-electron chi connectivity index (χ2n) is 7.38. The van der Waals surface area contributed by atoms with Gasteiger partial charge in [0.2, 0.25) is 0 Å². The van der Waals surface area contributed by atoms with E-state index in [1.165, 1.54) is 11.6 Å². The Balaban J connectivity index is 0.000000201. The number of halogens is 3. The maximum atomic E-state index is 12.5. The Kier molecular flexibility index (Phi) is 8.32. The Hall–Kier alpha value is -3.34. The summed E-state index contributed by atoms with van der Waals surface area (Å²) in [5.41, 5.74) is 4.45. The maximum Gasteiger partial charge on any atom is 0.381 e. The number of pyridine rings is 2. The topological polar surface area (TPSA) is 25.8 Å². The zero-order valence-electron chi connectivity index (χ0n) is 18.1. The van der Waals surface area contributed by atoms with Gasteiger partial charge in [-0.15, -0.1) is 65.7 Å². The van der Waals surface area contributed by atoms with Gasteiger partial charge in [0.25, 0.3) is 0 Å². The van der Waals surface area contributed by atoms with Crippen LogP contribution in [0.1, 0.15) is 11.1 Å². The molecule has 0 saturated heterocycles. The molecule has 3 aromatic carbocycles. The largest absolute Gasteiger partial charge is 0.381 e. The number of aryl methyl sites for hydroxylation is 1. The first-order valence-electron chi connectivity index (χ1n) is 10.2. The summed E-state index contributed by atoms with van der Waals surface area (Å²) >= 11 is 0. The molecular weight excluding hydrogens is 614 g/mol. The van der Waals surface area contributed by atoms with Crippen molar-refractivity contribution < 1.29 is 33.3 Å². The Morgan fingerprint density at radius 1 is 0.735 bits per heavy atom. The number of aromatic nitrogens is 2. The number of para-hydroxylation sites is 1. The van der Waals surface area contributed by atoms with Crippen LogP contribution < -0.4 is 0 Å². The average Bonchev–Trinajstić information content (AvgIpc) is 2.85. The van der Waals surface area contributed by atoms with E-state index < -0.39 is 11.7 Å². The Labute approximate surface area is 209 Å². The number of nitrogens with zero attached hydrogens (tertiary/aromatic N) is 2. The van der Waals surface area contributed by atoms with E-state index in [1.807, 2.05) is 73.8 Å². The van der Waals surface area contributed by atoms with Gasteiger partial charge in [-0.05, 0) is 40.9 Å². The molecule has 0 aliphatic carbocycles. The van der Waals surface area contributed by atoms with Crippen LogP contribution >= 0.6 is 0 Å². The first-order chi connectivity index (χ1) is 15.9. The molecule has 0 N–H and O–H groups in total. The van der Waals surface area contributed by atoms with Crippen molar-refractivity contribution in [1.29, 1.82) is 0 Å². The molecule has 0 atom stereocenters. The van der Waals surface area contributed by atoms with Crippen molar-refractivity contribution in [1.82, 2.24) is 9.97 Å². The van der Waals surface area contributed by atoms with Crippen LogP contribution in [0.15, 0.2) is 97.2 Å². The molecule has 34 heavy (non-hydrogen) atoms. The normalized spacial score (nSPS) is 10.7. The smallest absolute Gasteiger partial charge is 0.304 e. The van der Waals surface area contributed by atoms with E-state index in [2.05, 4.69) is 28.2 Å². The summed E-state index contributed by atoms with van der Waals surface area (Å²) in [4.78, 5) is 8.74. The molecule has 2 aromatic heterocycles. The van der Waals surface area contributed by atoms with Crippen LogP contribution in [0.4, 0.5) is 13.2 Å². The van der Waals surface area contributed by atoms with Gasteiger partial charge in [0, 0.05) is 26.3 Å². The third-order valence-corrected chi connectivity index (χ3v) is 4.91. The molecule has 5 rings (SSSR count). The third-order valence-electron chi connectivity index (χ3n) is 4.91. The molecule has 6 heteroatoms. The van der Waals surface area contributed by atoms with Crippen molar-refractivity contribution in [3.05, 3.63) is 120 Å². The van der Waals surface area contributed by atoms with Crippen LogP contribution in [-0.2, 0) is 26.3 Å². The number of benzene rings is 3. The van der Waals surface area contributed by atoms with Gasteiger partial charge in [-0.2, -0.15) is 13.2 Å². The fourth-order valence-electron chi connectivity index (χ4n) is 3.16. The number of fused-ring (bicyclic) bond motifs is 1. The van der Waals surface area contributed by atoms with Gasteiger partial charge >= 0.3 is 6.18 Å². The summed E-state index contributed by atoms with van der Waals surface area (Å²) in [6.07, 6.45) is -2.47.